The highest BCUT2D eigenvalue weighted by atomic mass is 32.2. The van der Waals surface area contributed by atoms with Crippen LogP contribution in [0.3, 0.4) is 0 Å². The fraction of sp³-hybridized carbons (Fsp3) is 0.333. The van der Waals surface area contributed by atoms with Crippen molar-refractivity contribution in [3.63, 3.8) is 0 Å². The van der Waals surface area contributed by atoms with E-state index in [4.69, 9.17) is 0 Å². The predicted molar refractivity (Wildman–Crippen MR) is 107 cm³/mol. The molecule has 27 heavy (non-hydrogen) atoms. The van der Waals surface area contributed by atoms with Crippen molar-refractivity contribution in [2.45, 2.75) is 31.8 Å². The van der Waals surface area contributed by atoms with E-state index < -0.39 is 0 Å². The minimum absolute atomic E-state index is 0.151. The predicted octanol–water partition coefficient (Wildman–Crippen LogP) is 2.51. The molecule has 2 aromatic rings. The van der Waals surface area contributed by atoms with E-state index in [1.54, 1.807) is 31.2 Å². The zero-order valence-electron chi connectivity index (χ0n) is 15.5. The van der Waals surface area contributed by atoms with Crippen molar-refractivity contribution in [3.05, 3.63) is 45.9 Å². The first-order valence-electron chi connectivity index (χ1n) is 8.51. The lowest BCUT2D eigenvalue weighted by molar-refractivity contribution is -0.116. The van der Waals surface area contributed by atoms with Crippen LogP contribution in [-0.4, -0.2) is 34.7 Å². The summed E-state index contributed by atoms with van der Waals surface area (Å²) >= 11 is 1.36. The molecule has 1 aromatic carbocycles. The van der Waals surface area contributed by atoms with Gasteiger partial charge in [-0.2, -0.15) is 0 Å². The van der Waals surface area contributed by atoms with E-state index >= 15 is 0 Å². The van der Waals surface area contributed by atoms with Gasteiger partial charge in [-0.3, -0.25) is 9.59 Å². The third-order valence-corrected chi connectivity index (χ3v) is 4.32. The lowest BCUT2D eigenvalue weighted by Gasteiger charge is -2.10. The van der Waals surface area contributed by atoms with Crippen LogP contribution in [0.5, 0.6) is 0 Å². The van der Waals surface area contributed by atoms with Crippen LogP contribution < -0.4 is 21.5 Å². The number of rotatable bonds is 7. The number of aromatic nitrogens is 2. The van der Waals surface area contributed by atoms with Crippen molar-refractivity contribution >= 4 is 35.1 Å². The molecular formula is C18H23N5O3S. The monoisotopic (exact) mass is 389 g/mol. The summed E-state index contributed by atoms with van der Waals surface area (Å²) in [4.78, 5) is 42.9. The number of hydrogen-bond donors (Lipinski definition) is 4. The molecule has 0 radical (unpaired) electrons. The molecule has 9 heteroatoms. The van der Waals surface area contributed by atoms with Crippen molar-refractivity contribution < 1.29 is 9.59 Å². The molecule has 0 unspecified atom stereocenters. The smallest absolute Gasteiger partial charge is 0.319 e. The molecule has 4 N–H and O–H groups in total. The number of anilines is 2. The molecule has 2 rings (SSSR count). The van der Waals surface area contributed by atoms with E-state index in [2.05, 4.69) is 25.9 Å². The largest absolute Gasteiger partial charge is 0.338 e. The Labute approximate surface area is 161 Å². The molecule has 0 spiro atoms. The van der Waals surface area contributed by atoms with Crippen molar-refractivity contribution in [1.29, 1.82) is 0 Å². The maximum Gasteiger partial charge on any atom is 0.319 e. The van der Waals surface area contributed by atoms with E-state index in [0.29, 0.717) is 40.8 Å². The summed E-state index contributed by atoms with van der Waals surface area (Å²) in [6, 6.07) is 6.55. The second-order valence-corrected chi connectivity index (χ2v) is 6.55. The molecule has 0 aliphatic rings. The molecular weight excluding hydrogens is 366 g/mol. The van der Waals surface area contributed by atoms with Crippen LogP contribution in [0, 0.1) is 6.92 Å². The average molecular weight is 389 g/mol. The van der Waals surface area contributed by atoms with Crippen LogP contribution in [0.15, 0.2) is 34.2 Å². The Bertz CT molecular complexity index is 882. The molecule has 0 bridgehead atoms. The SMILES string of the molecule is CCNC(=O)Nc1cccc(NC(=O)CCc2c(C)nc(SC)[nH]c2=O)c1. The minimum Gasteiger partial charge on any atom is -0.338 e. The molecule has 0 saturated carbocycles. The van der Waals surface area contributed by atoms with E-state index in [1.807, 2.05) is 13.2 Å². The lowest BCUT2D eigenvalue weighted by atomic mass is 10.1. The number of nitrogens with zero attached hydrogens (tertiary/aromatic N) is 1. The number of carbonyl (C=O) groups excluding carboxylic acids is 2. The zero-order valence-corrected chi connectivity index (χ0v) is 16.3. The summed E-state index contributed by atoms with van der Waals surface area (Å²) in [6.07, 6.45) is 2.28. The standard InChI is InChI=1S/C18H23N5O3S/c1-4-19-17(26)22-13-7-5-6-12(10-13)21-15(24)9-8-14-11(2)20-18(27-3)23-16(14)25/h5-7,10H,4,8-9H2,1-3H3,(H,21,24)(H2,19,22,26)(H,20,23,25). The maximum atomic E-state index is 12.2. The first-order valence-corrected chi connectivity index (χ1v) is 9.74. The van der Waals surface area contributed by atoms with Crippen LogP contribution in [0.4, 0.5) is 16.2 Å². The van der Waals surface area contributed by atoms with Gasteiger partial charge in [-0.25, -0.2) is 9.78 Å². The zero-order chi connectivity index (χ0) is 19.8. The molecule has 1 aromatic heterocycles. The number of carbonyl (C=O) groups is 2. The van der Waals surface area contributed by atoms with Crippen molar-refractivity contribution in [2.75, 3.05) is 23.4 Å². The molecule has 8 nitrogen and oxygen atoms in total. The number of aryl methyl sites for hydroxylation is 1. The Kier molecular flexibility index (Phi) is 7.42. The maximum absolute atomic E-state index is 12.2. The van der Waals surface area contributed by atoms with Gasteiger partial charge in [0.2, 0.25) is 5.91 Å². The number of urea groups is 1. The summed E-state index contributed by atoms with van der Waals surface area (Å²) in [5, 5.41) is 8.65. The van der Waals surface area contributed by atoms with Gasteiger partial charge in [0.05, 0.1) is 0 Å². The van der Waals surface area contributed by atoms with Crippen LogP contribution in [0.25, 0.3) is 0 Å². The van der Waals surface area contributed by atoms with Crippen molar-refractivity contribution in [2.24, 2.45) is 0 Å². The van der Waals surface area contributed by atoms with Crippen LogP contribution >= 0.6 is 11.8 Å². The molecule has 1 heterocycles. The molecule has 0 saturated heterocycles. The fourth-order valence-corrected chi connectivity index (χ4v) is 2.87. The number of thioether (sulfide) groups is 1. The van der Waals surface area contributed by atoms with Gasteiger partial charge < -0.3 is 20.9 Å². The summed E-state index contributed by atoms with van der Waals surface area (Å²) < 4.78 is 0. The van der Waals surface area contributed by atoms with Crippen molar-refractivity contribution in [1.82, 2.24) is 15.3 Å². The van der Waals surface area contributed by atoms with Gasteiger partial charge in [-0.15, -0.1) is 0 Å². The van der Waals surface area contributed by atoms with Gasteiger partial charge in [0.15, 0.2) is 5.16 Å². The Morgan fingerprint density at radius 3 is 2.56 bits per heavy atom. The molecule has 0 fully saturated rings. The second kappa shape index (κ2) is 9.77. The third-order valence-electron chi connectivity index (χ3n) is 3.74. The third kappa shape index (κ3) is 6.14. The normalized spacial score (nSPS) is 10.3. The fourth-order valence-electron chi connectivity index (χ4n) is 2.45. The molecule has 3 amide bonds. The summed E-state index contributed by atoms with van der Waals surface area (Å²) in [7, 11) is 0. The topological polar surface area (TPSA) is 116 Å². The number of benzene rings is 1. The second-order valence-electron chi connectivity index (χ2n) is 5.75. The van der Waals surface area contributed by atoms with E-state index in [-0.39, 0.29) is 23.9 Å². The van der Waals surface area contributed by atoms with Crippen molar-refractivity contribution in [3.8, 4) is 0 Å². The molecule has 0 atom stereocenters. The molecule has 144 valence electrons. The Morgan fingerprint density at radius 2 is 1.93 bits per heavy atom. The lowest BCUT2D eigenvalue weighted by Crippen LogP contribution is -2.28. The first-order chi connectivity index (χ1) is 12.9. The van der Waals surface area contributed by atoms with Gasteiger partial charge >= 0.3 is 6.03 Å². The van der Waals surface area contributed by atoms with E-state index in [0.717, 1.165) is 0 Å². The van der Waals surface area contributed by atoms with Gasteiger partial charge in [0.1, 0.15) is 0 Å². The number of aromatic amines is 1. The first kappa shape index (κ1) is 20.5. The van der Waals surface area contributed by atoms with Crippen LogP contribution in [0.1, 0.15) is 24.6 Å². The van der Waals surface area contributed by atoms with Crippen LogP contribution in [0.2, 0.25) is 0 Å². The Balaban J connectivity index is 1.96. The highest BCUT2D eigenvalue weighted by Crippen LogP contribution is 2.16. The van der Waals surface area contributed by atoms with Crippen LogP contribution in [-0.2, 0) is 11.2 Å². The van der Waals surface area contributed by atoms with Gasteiger partial charge in [0, 0.05) is 35.6 Å². The number of hydrogen-bond acceptors (Lipinski definition) is 5. The van der Waals surface area contributed by atoms with Gasteiger partial charge in [-0.1, -0.05) is 17.8 Å². The molecule has 0 aliphatic heterocycles. The summed E-state index contributed by atoms with van der Waals surface area (Å²) in [5.41, 5.74) is 2.06. The van der Waals surface area contributed by atoms with Gasteiger partial charge in [-0.05, 0) is 44.7 Å². The number of nitrogens with one attached hydrogen (secondary N) is 4. The summed E-state index contributed by atoms with van der Waals surface area (Å²) in [5.74, 6) is -0.224. The minimum atomic E-state index is -0.308. The summed E-state index contributed by atoms with van der Waals surface area (Å²) in [6.45, 7) is 4.11. The number of amides is 3. The van der Waals surface area contributed by atoms with E-state index in [9.17, 15) is 14.4 Å². The molecule has 0 aliphatic carbocycles. The van der Waals surface area contributed by atoms with E-state index in [1.165, 1.54) is 11.8 Å². The Morgan fingerprint density at radius 1 is 1.22 bits per heavy atom. The number of H-pyrrole nitrogens is 1. The average Bonchev–Trinajstić information content (AvgIpc) is 2.61. The van der Waals surface area contributed by atoms with Gasteiger partial charge in [0.25, 0.3) is 5.56 Å². The highest BCUT2D eigenvalue weighted by Gasteiger charge is 2.11. The quantitative estimate of drug-likeness (QED) is 0.429. The highest BCUT2D eigenvalue weighted by molar-refractivity contribution is 7.98. The Hall–Kier alpha value is -2.81.